The van der Waals surface area contributed by atoms with Crippen LogP contribution in [0, 0.1) is 5.92 Å². The molecule has 80 valence electrons. The summed E-state index contributed by atoms with van der Waals surface area (Å²) in [5.74, 6) is 0.816. The summed E-state index contributed by atoms with van der Waals surface area (Å²) >= 11 is 0. The maximum absolute atomic E-state index is 11.8. The van der Waals surface area contributed by atoms with E-state index >= 15 is 0 Å². The van der Waals surface area contributed by atoms with Gasteiger partial charge in [-0.05, 0) is 12.0 Å². The minimum absolute atomic E-state index is 0.219. The van der Waals surface area contributed by atoms with Gasteiger partial charge in [-0.1, -0.05) is 32.1 Å². The zero-order chi connectivity index (χ0) is 10.5. The highest BCUT2D eigenvalue weighted by molar-refractivity contribution is 5.95. The summed E-state index contributed by atoms with van der Waals surface area (Å²) in [4.78, 5) is 11.8. The van der Waals surface area contributed by atoms with Gasteiger partial charge >= 0.3 is 0 Å². The van der Waals surface area contributed by atoms with Gasteiger partial charge in [0.25, 0.3) is 0 Å². The molecule has 1 fully saturated rings. The minimum Gasteiger partial charge on any atom is -0.294 e. The van der Waals surface area contributed by atoms with E-state index in [0.29, 0.717) is 17.9 Å². The van der Waals surface area contributed by atoms with Crippen LogP contribution in [0.2, 0.25) is 0 Å². The molecule has 0 spiro atoms. The van der Waals surface area contributed by atoms with Crippen molar-refractivity contribution in [2.75, 3.05) is 0 Å². The van der Waals surface area contributed by atoms with Crippen molar-refractivity contribution in [3.63, 3.8) is 0 Å². The van der Waals surface area contributed by atoms with Crippen LogP contribution in [0.5, 0.6) is 0 Å². The second-order valence-corrected chi connectivity index (χ2v) is 4.26. The van der Waals surface area contributed by atoms with Crippen LogP contribution in [-0.2, 0) is 0 Å². The van der Waals surface area contributed by atoms with Gasteiger partial charge in [0.2, 0.25) is 0 Å². The topological polar surface area (TPSA) is 42.9 Å². The Balaban J connectivity index is 1.91. The Morgan fingerprint density at radius 3 is 2.73 bits per heavy atom. The van der Waals surface area contributed by atoms with E-state index in [4.69, 9.17) is 0 Å². The molecule has 0 unspecified atom stereocenters. The van der Waals surface area contributed by atoms with E-state index in [1.165, 1.54) is 32.1 Å². The van der Waals surface area contributed by atoms with Gasteiger partial charge in [0, 0.05) is 12.0 Å². The smallest absolute Gasteiger partial charge is 0.164 e. The number of nitrogens with zero attached hydrogens (tertiary/aromatic N) is 2. The van der Waals surface area contributed by atoms with Crippen LogP contribution in [0.4, 0.5) is 0 Å². The highest BCUT2D eigenvalue weighted by Gasteiger charge is 2.17. The van der Waals surface area contributed by atoms with E-state index in [2.05, 4.69) is 10.2 Å². The molecule has 1 aliphatic carbocycles. The predicted octanol–water partition coefficient (Wildman–Crippen LogP) is 2.63. The summed E-state index contributed by atoms with van der Waals surface area (Å²) in [5, 5.41) is 7.40. The number of carbonyl (C=O) groups excluding carboxylic acids is 1. The Hall–Kier alpha value is -1.25. The fraction of sp³-hybridized carbons (Fsp3) is 0.583. The molecule has 0 bridgehead atoms. The summed E-state index contributed by atoms with van der Waals surface area (Å²) in [6.07, 6.45) is 10.2. The first-order valence-electron chi connectivity index (χ1n) is 5.66. The fourth-order valence-electron chi connectivity index (χ4n) is 2.23. The van der Waals surface area contributed by atoms with E-state index in [0.717, 1.165) is 0 Å². The van der Waals surface area contributed by atoms with Crippen LogP contribution in [0.15, 0.2) is 18.5 Å². The Morgan fingerprint density at radius 1 is 1.27 bits per heavy atom. The largest absolute Gasteiger partial charge is 0.294 e. The van der Waals surface area contributed by atoms with Crippen LogP contribution in [0.1, 0.15) is 48.9 Å². The van der Waals surface area contributed by atoms with E-state index < -0.39 is 0 Å². The van der Waals surface area contributed by atoms with Crippen molar-refractivity contribution in [2.24, 2.45) is 5.92 Å². The molecule has 0 radical (unpaired) electrons. The van der Waals surface area contributed by atoms with Gasteiger partial charge in [-0.2, -0.15) is 10.2 Å². The number of aromatic nitrogens is 2. The van der Waals surface area contributed by atoms with Gasteiger partial charge in [0.05, 0.1) is 12.4 Å². The van der Waals surface area contributed by atoms with Crippen LogP contribution in [0.25, 0.3) is 0 Å². The molecule has 0 amide bonds. The summed E-state index contributed by atoms with van der Waals surface area (Å²) in [7, 11) is 0. The first kappa shape index (κ1) is 10.3. The van der Waals surface area contributed by atoms with Crippen LogP contribution in [0.3, 0.4) is 0 Å². The normalized spacial score (nSPS) is 17.6. The molecule has 0 N–H and O–H groups in total. The number of ketones is 1. The Morgan fingerprint density at radius 2 is 2.07 bits per heavy atom. The number of hydrogen-bond acceptors (Lipinski definition) is 3. The van der Waals surface area contributed by atoms with E-state index in [1.54, 1.807) is 18.5 Å². The monoisotopic (exact) mass is 204 g/mol. The molecule has 1 heterocycles. The molecule has 1 aliphatic rings. The van der Waals surface area contributed by atoms with E-state index in [1.807, 2.05) is 0 Å². The number of hydrogen-bond donors (Lipinski definition) is 0. The van der Waals surface area contributed by atoms with Gasteiger partial charge < -0.3 is 0 Å². The molecule has 0 aromatic carbocycles. The summed E-state index contributed by atoms with van der Waals surface area (Å²) in [6.45, 7) is 0. The molecule has 1 saturated carbocycles. The molecular weight excluding hydrogens is 188 g/mol. The van der Waals surface area contributed by atoms with Crippen molar-refractivity contribution in [3.05, 3.63) is 24.0 Å². The third-order valence-electron chi connectivity index (χ3n) is 3.11. The molecule has 0 atom stereocenters. The third-order valence-corrected chi connectivity index (χ3v) is 3.11. The second-order valence-electron chi connectivity index (χ2n) is 4.26. The molecular formula is C12H16N2O. The zero-order valence-electron chi connectivity index (χ0n) is 8.85. The lowest BCUT2D eigenvalue weighted by molar-refractivity contribution is 0.0949. The maximum Gasteiger partial charge on any atom is 0.164 e. The molecule has 15 heavy (non-hydrogen) atoms. The lowest BCUT2D eigenvalue weighted by atomic mass is 9.85. The van der Waals surface area contributed by atoms with Crippen molar-refractivity contribution < 1.29 is 4.79 Å². The van der Waals surface area contributed by atoms with E-state index in [-0.39, 0.29) is 5.78 Å². The quantitative estimate of drug-likeness (QED) is 0.711. The van der Waals surface area contributed by atoms with Crippen LogP contribution < -0.4 is 0 Å². The average molecular weight is 204 g/mol. The van der Waals surface area contributed by atoms with Crippen molar-refractivity contribution in [1.82, 2.24) is 10.2 Å². The number of Topliss-reactive ketones (excluding diaryl/α,β-unsaturated/α-hetero) is 1. The van der Waals surface area contributed by atoms with Crippen LogP contribution in [-0.4, -0.2) is 16.0 Å². The summed E-state index contributed by atoms with van der Waals surface area (Å²) < 4.78 is 0. The molecule has 1 aromatic rings. The van der Waals surface area contributed by atoms with Crippen molar-refractivity contribution >= 4 is 5.78 Å². The van der Waals surface area contributed by atoms with Gasteiger partial charge in [-0.25, -0.2) is 0 Å². The highest BCUT2D eigenvalue weighted by atomic mass is 16.1. The van der Waals surface area contributed by atoms with Crippen LogP contribution >= 0.6 is 0 Å². The first-order valence-corrected chi connectivity index (χ1v) is 5.66. The fourth-order valence-corrected chi connectivity index (χ4v) is 2.23. The average Bonchev–Trinajstić information content (AvgIpc) is 2.31. The molecule has 2 rings (SSSR count). The Bertz CT molecular complexity index is 318. The Labute approximate surface area is 89.9 Å². The van der Waals surface area contributed by atoms with Gasteiger partial charge in [-0.3, -0.25) is 4.79 Å². The molecule has 0 saturated heterocycles. The van der Waals surface area contributed by atoms with Gasteiger partial charge in [-0.15, -0.1) is 0 Å². The highest BCUT2D eigenvalue weighted by Crippen LogP contribution is 2.27. The predicted molar refractivity (Wildman–Crippen MR) is 57.6 cm³/mol. The zero-order valence-corrected chi connectivity index (χ0v) is 8.85. The van der Waals surface area contributed by atoms with Gasteiger partial charge in [0.15, 0.2) is 5.78 Å². The Kier molecular flexibility index (Phi) is 3.43. The lowest BCUT2D eigenvalue weighted by Crippen LogP contribution is -2.12. The molecule has 3 nitrogen and oxygen atoms in total. The number of rotatable bonds is 3. The van der Waals surface area contributed by atoms with Crippen molar-refractivity contribution in [1.29, 1.82) is 0 Å². The minimum atomic E-state index is 0.219. The summed E-state index contributed by atoms with van der Waals surface area (Å²) in [5.41, 5.74) is 0.704. The maximum atomic E-state index is 11.8. The van der Waals surface area contributed by atoms with E-state index in [9.17, 15) is 4.79 Å². The molecule has 3 heteroatoms. The summed E-state index contributed by atoms with van der Waals surface area (Å²) in [6, 6.07) is 1.75. The first-order chi connectivity index (χ1) is 7.36. The third kappa shape index (κ3) is 2.85. The number of carbonyl (C=O) groups is 1. The molecule has 0 aliphatic heterocycles. The van der Waals surface area contributed by atoms with Gasteiger partial charge in [0.1, 0.15) is 0 Å². The van der Waals surface area contributed by atoms with Crippen molar-refractivity contribution in [3.8, 4) is 0 Å². The second kappa shape index (κ2) is 5.01. The standard InChI is InChI=1S/C12H16N2O/c15-12(11-6-7-13-14-9-11)8-10-4-2-1-3-5-10/h6-7,9-10H,1-5,8H2. The van der Waals surface area contributed by atoms with Crippen molar-refractivity contribution in [2.45, 2.75) is 38.5 Å². The lowest BCUT2D eigenvalue weighted by Gasteiger charge is -2.20. The molecule has 1 aromatic heterocycles. The SMILES string of the molecule is O=C(CC1CCCCC1)c1ccnnc1.